The summed E-state index contributed by atoms with van der Waals surface area (Å²) in [5.41, 5.74) is -0.379. The number of carbonyl (C=O) groups is 1. The molecule has 1 unspecified atom stereocenters. The van der Waals surface area contributed by atoms with E-state index < -0.39 is 5.60 Å². The molecule has 0 heterocycles. The van der Waals surface area contributed by atoms with Gasteiger partial charge in [0.1, 0.15) is 0 Å². The maximum absolute atomic E-state index is 11.3. The van der Waals surface area contributed by atoms with Crippen LogP contribution in [0.3, 0.4) is 0 Å². The fourth-order valence-electron chi connectivity index (χ4n) is 1.74. The molecular weight excluding hydrogens is 218 g/mol. The fourth-order valence-corrected chi connectivity index (χ4v) is 1.74. The first-order chi connectivity index (χ1) is 7.78. The summed E-state index contributed by atoms with van der Waals surface area (Å²) in [5, 5.41) is 13.1. The zero-order valence-corrected chi connectivity index (χ0v) is 11.4. The lowest BCUT2D eigenvalue weighted by atomic mass is 9.94. The monoisotopic (exact) mass is 243 g/mol. The zero-order valence-electron chi connectivity index (χ0n) is 11.4. The molecular formula is C13H25NO3. The molecule has 0 radical (unpaired) electrons. The Morgan fingerprint density at radius 3 is 2.59 bits per heavy atom. The summed E-state index contributed by atoms with van der Waals surface area (Å²) in [5.74, 6) is 0.0450. The van der Waals surface area contributed by atoms with Gasteiger partial charge in [-0.2, -0.15) is 0 Å². The van der Waals surface area contributed by atoms with Crippen LogP contribution in [0.15, 0.2) is 12.2 Å². The van der Waals surface area contributed by atoms with Crippen molar-refractivity contribution in [2.24, 2.45) is 5.92 Å². The lowest BCUT2D eigenvalue weighted by Crippen LogP contribution is -2.40. The van der Waals surface area contributed by atoms with E-state index in [1.807, 2.05) is 0 Å². The van der Waals surface area contributed by atoms with E-state index in [0.717, 1.165) is 0 Å². The van der Waals surface area contributed by atoms with Crippen molar-refractivity contribution in [2.45, 2.75) is 39.7 Å². The van der Waals surface area contributed by atoms with Crippen molar-refractivity contribution in [3.63, 3.8) is 0 Å². The molecule has 0 aliphatic rings. The van der Waals surface area contributed by atoms with Gasteiger partial charge < -0.3 is 15.2 Å². The van der Waals surface area contributed by atoms with E-state index in [0.29, 0.717) is 37.6 Å². The molecule has 0 rings (SSSR count). The Hall–Kier alpha value is -0.870. The Bertz CT molecular complexity index is 259. The largest absolute Gasteiger partial charge is 0.463 e. The molecule has 0 aromatic rings. The predicted molar refractivity (Wildman–Crippen MR) is 68.7 cm³/mol. The van der Waals surface area contributed by atoms with Crippen LogP contribution in [0, 0.1) is 5.92 Å². The van der Waals surface area contributed by atoms with Gasteiger partial charge >= 0.3 is 5.97 Å². The standard InChI is InChI=1S/C13H25NO3/c1-6-17-12(15)11(4)8-14-9-13(5,16)7-10(2)3/h10,14,16H,4,6-9H2,1-3,5H3. The Morgan fingerprint density at radius 1 is 1.53 bits per heavy atom. The summed E-state index contributed by atoms with van der Waals surface area (Å²) in [4.78, 5) is 11.3. The molecule has 0 aromatic carbocycles. The van der Waals surface area contributed by atoms with E-state index in [4.69, 9.17) is 4.74 Å². The van der Waals surface area contributed by atoms with Gasteiger partial charge in [-0.3, -0.25) is 0 Å². The van der Waals surface area contributed by atoms with E-state index >= 15 is 0 Å². The molecule has 0 saturated heterocycles. The topological polar surface area (TPSA) is 58.6 Å². The van der Waals surface area contributed by atoms with Crippen molar-refractivity contribution in [1.82, 2.24) is 5.32 Å². The van der Waals surface area contributed by atoms with E-state index in [-0.39, 0.29) is 5.97 Å². The first kappa shape index (κ1) is 16.1. The van der Waals surface area contributed by atoms with E-state index in [1.54, 1.807) is 13.8 Å². The lowest BCUT2D eigenvalue weighted by Gasteiger charge is -2.25. The normalized spacial score (nSPS) is 14.5. The van der Waals surface area contributed by atoms with Gasteiger partial charge in [-0.1, -0.05) is 20.4 Å². The highest BCUT2D eigenvalue weighted by molar-refractivity contribution is 5.88. The minimum absolute atomic E-state index is 0.340. The Kier molecular flexibility index (Phi) is 7.07. The molecule has 0 aliphatic carbocycles. The summed E-state index contributed by atoms with van der Waals surface area (Å²) >= 11 is 0. The van der Waals surface area contributed by atoms with Gasteiger partial charge in [0.05, 0.1) is 12.2 Å². The Morgan fingerprint density at radius 2 is 2.12 bits per heavy atom. The van der Waals surface area contributed by atoms with Gasteiger partial charge in [0.15, 0.2) is 0 Å². The minimum atomic E-state index is -0.761. The van der Waals surface area contributed by atoms with Crippen LogP contribution in [0.4, 0.5) is 0 Å². The molecule has 0 spiro atoms. The average Bonchev–Trinajstić information content (AvgIpc) is 2.15. The second-order valence-corrected chi connectivity index (χ2v) is 5.02. The molecule has 0 aliphatic heterocycles. The molecule has 4 nitrogen and oxygen atoms in total. The summed E-state index contributed by atoms with van der Waals surface area (Å²) in [6, 6.07) is 0. The minimum Gasteiger partial charge on any atom is -0.463 e. The van der Waals surface area contributed by atoms with Crippen LogP contribution < -0.4 is 5.32 Å². The third kappa shape index (κ3) is 7.94. The van der Waals surface area contributed by atoms with Crippen LogP contribution in [0.1, 0.15) is 34.1 Å². The van der Waals surface area contributed by atoms with Crippen LogP contribution in [0.2, 0.25) is 0 Å². The summed E-state index contributed by atoms with van der Waals surface area (Å²) in [7, 11) is 0. The molecule has 0 aromatic heterocycles. The van der Waals surface area contributed by atoms with Crippen molar-refractivity contribution in [2.75, 3.05) is 19.7 Å². The van der Waals surface area contributed by atoms with E-state index in [9.17, 15) is 9.90 Å². The van der Waals surface area contributed by atoms with Crippen LogP contribution in [0.5, 0.6) is 0 Å². The first-order valence-electron chi connectivity index (χ1n) is 6.06. The second-order valence-electron chi connectivity index (χ2n) is 5.02. The van der Waals surface area contributed by atoms with E-state index in [2.05, 4.69) is 25.7 Å². The quantitative estimate of drug-likeness (QED) is 0.501. The molecule has 0 amide bonds. The molecule has 1 atom stereocenters. The average molecular weight is 243 g/mol. The second kappa shape index (κ2) is 7.45. The maximum Gasteiger partial charge on any atom is 0.334 e. The fraction of sp³-hybridized carbons (Fsp3) is 0.769. The van der Waals surface area contributed by atoms with Gasteiger partial charge in [0, 0.05) is 18.7 Å². The number of rotatable bonds is 8. The summed E-state index contributed by atoms with van der Waals surface area (Å²) in [6.07, 6.45) is 0.714. The van der Waals surface area contributed by atoms with E-state index in [1.165, 1.54) is 0 Å². The van der Waals surface area contributed by atoms with Gasteiger partial charge in [0.25, 0.3) is 0 Å². The molecule has 4 heteroatoms. The lowest BCUT2D eigenvalue weighted by molar-refractivity contribution is -0.138. The first-order valence-corrected chi connectivity index (χ1v) is 6.06. The number of nitrogens with one attached hydrogen (secondary N) is 1. The van der Waals surface area contributed by atoms with Crippen molar-refractivity contribution in [1.29, 1.82) is 0 Å². The van der Waals surface area contributed by atoms with Crippen LogP contribution >= 0.6 is 0 Å². The summed E-state index contributed by atoms with van der Waals surface area (Å²) < 4.78 is 4.81. The van der Waals surface area contributed by atoms with Crippen molar-refractivity contribution < 1.29 is 14.6 Å². The molecule has 2 N–H and O–H groups in total. The van der Waals surface area contributed by atoms with Crippen molar-refractivity contribution >= 4 is 5.97 Å². The number of hydrogen-bond donors (Lipinski definition) is 2. The molecule has 17 heavy (non-hydrogen) atoms. The molecule has 0 fully saturated rings. The smallest absolute Gasteiger partial charge is 0.334 e. The van der Waals surface area contributed by atoms with Crippen LogP contribution in [0.25, 0.3) is 0 Å². The summed E-state index contributed by atoms with van der Waals surface area (Å²) in [6.45, 7) is 12.4. The number of carbonyl (C=O) groups excluding carboxylic acids is 1. The number of esters is 1. The van der Waals surface area contributed by atoms with Gasteiger partial charge in [-0.05, 0) is 26.2 Å². The highest BCUT2D eigenvalue weighted by Gasteiger charge is 2.21. The SMILES string of the molecule is C=C(CNCC(C)(O)CC(C)C)C(=O)OCC. The Balaban J connectivity index is 3.90. The maximum atomic E-state index is 11.3. The predicted octanol–water partition coefficient (Wildman–Crippen LogP) is 1.49. The van der Waals surface area contributed by atoms with Crippen LogP contribution in [-0.2, 0) is 9.53 Å². The number of aliphatic hydroxyl groups is 1. The van der Waals surface area contributed by atoms with Crippen LogP contribution in [-0.4, -0.2) is 36.4 Å². The number of ether oxygens (including phenoxy) is 1. The van der Waals surface area contributed by atoms with Crippen molar-refractivity contribution in [3.05, 3.63) is 12.2 Å². The van der Waals surface area contributed by atoms with Gasteiger partial charge in [0.2, 0.25) is 0 Å². The van der Waals surface area contributed by atoms with Gasteiger partial charge in [-0.25, -0.2) is 4.79 Å². The molecule has 0 saturated carbocycles. The number of hydrogen-bond acceptors (Lipinski definition) is 4. The highest BCUT2D eigenvalue weighted by Crippen LogP contribution is 2.14. The third-order valence-electron chi connectivity index (χ3n) is 2.26. The Labute approximate surface area is 104 Å². The molecule has 0 bridgehead atoms. The third-order valence-corrected chi connectivity index (χ3v) is 2.26. The zero-order chi connectivity index (χ0) is 13.5. The molecule has 100 valence electrons. The van der Waals surface area contributed by atoms with Crippen molar-refractivity contribution in [3.8, 4) is 0 Å². The highest BCUT2D eigenvalue weighted by atomic mass is 16.5. The van der Waals surface area contributed by atoms with Gasteiger partial charge in [-0.15, -0.1) is 0 Å².